The Labute approximate surface area is 106 Å². The average molecular weight is 238 g/mol. The molecule has 0 aromatic heterocycles. The minimum absolute atomic E-state index is 0. The first-order valence-electron chi connectivity index (χ1n) is 6.04. The van der Waals surface area contributed by atoms with E-state index in [0.29, 0.717) is 12.2 Å². The number of hydrogen-bond acceptors (Lipinski definition) is 2. The molecule has 0 N–H and O–H groups in total. The Morgan fingerprint density at radius 2 is 1.65 bits per heavy atom. The van der Waals surface area contributed by atoms with Gasteiger partial charge in [-0.1, -0.05) is 47.3 Å². The van der Waals surface area contributed by atoms with Gasteiger partial charge in [0.2, 0.25) is 0 Å². The minimum atomic E-state index is -0.227. The van der Waals surface area contributed by atoms with Crippen molar-refractivity contribution < 1.29 is 9.53 Å². The number of ether oxygens (including phenoxy) is 1. The van der Waals surface area contributed by atoms with Crippen molar-refractivity contribution in [2.45, 2.75) is 48.0 Å². The summed E-state index contributed by atoms with van der Waals surface area (Å²) in [5.74, 6) is -0.227. The number of aryl methyl sites for hydroxylation is 1. The summed E-state index contributed by atoms with van der Waals surface area (Å²) in [6.45, 7) is 8.56. The van der Waals surface area contributed by atoms with Crippen LogP contribution in [0.4, 0.5) is 0 Å². The molecule has 0 bridgehead atoms. The van der Waals surface area contributed by atoms with Crippen LogP contribution in [-0.4, -0.2) is 12.6 Å². The van der Waals surface area contributed by atoms with E-state index >= 15 is 0 Å². The zero-order valence-corrected chi connectivity index (χ0v) is 10.7. The van der Waals surface area contributed by atoms with E-state index in [1.54, 1.807) is 0 Å². The quantitative estimate of drug-likeness (QED) is 0.723. The zero-order valence-electron chi connectivity index (χ0n) is 10.7. The SMILES string of the molecule is C.CC.CCCOC(=O)c1ccc(CC)cc1. The number of benzene rings is 1. The van der Waals surface area contributed by atoms with E-state index in [9.17, 15) is 4.79 Å². The second-order valence-corrected chi connectivity index (χ2v) is 3.19. The summed E-state index contributed by atoms with van der Waals surface area (Å²) in [6.07, 6.45) is 1.85. The molecule has 2 heteroatoms. The summed E-state index contributed by atoms with van der Waals surface area (Å²) < 4.78 is 5.01. The molecule has 0 aliphatic heterocycles. The van der Waals surface area contributed by atoms with Gasteiger partial charge in [-0.2, -0.15) is 0 Å². The van der Waals surface area contributed by atoms with Gasteiger partial charge in [-0.25, -0.2) is 4.79 Å². The van der Waals surface area contributed by atoms with Crippen molar-refractivity contribution in [2.24, 2.45) is 0 Å². The fourth-order valence-electron chi connectivity index (χ4n) is 1.15. The Kier molecular flexibility index (Phi) is 11.9. The lowest BCUT2D eigenvalue weighted by atomic mass is 10.1. The van der Waals surface area contributed by atoms with Gasteiger partial charge < -0.3 is 4.74 Å². The maximum atomic E-state index is 11.4. The molecule has 0 saturated carbocycles. The summed E-state index contributed by atoms with van der Waals surface area (Å²) in [5, 5.41) is 0. The lowest BCUT2D eigenvalue weighted by molar-refractivity contribution is 0.0505. The monoisotopic (exact) mass is 238 g/mol. The molecule has 0 amide bonds. The lowest BCUT2D eigenvalue weighted by Gasteiger charge is -2.03. The first kappa shape index (κ1) is 18.1. The normalized spacial score (nSPS) is 8.47. The van der Waals surface area contributed by atoms with Gasteiger partial charge in [0, 0.05) is 0 Å². The topological polar surface area (TPSA) is 26.3 Å². The second kappa shape index (κ2) is 11.2. The molecule has 0 radical (unpaired) electrons. The van der Waals surface area contributed by atoms with Gasteiger partial charge in [0.1, 0.15) is 0 Å². The van der Waals surface area contributed by atoms with Crippen molar-refractivity contribution in [2.75, 3.05) is 6.61 Å². The lowest BCUT2D eigenvalue weighted by Crippen LogP contribution is -2.05. The average Bonchev–Trinajstić information content (AvgIpc) is 2.38. The van der Waals surface area contributed by atoms with Crippen molar-refractivity contribution in [1.82, 2.24) is 0 Å². The number of carbonyl (C=O) groups is 1. The molecule has 1 aromatic carbocycles. The summed E-state index contributed by atoms with van der Waals surface area (Å²) >= 11 is 0. The summed E-state index contributed by atoms with van der Waals surface area (Å²) in [5.41, 5.74) is 1.87. The Hall–Kier alpha value is -1.31. The van der Waals surface area contributed by atoms with Crippen molar-refractivity contribution in [3.05, 3.63) is 35.4 Å². The molecule has 0 fully saturated rings. The number of hydrogen-bond donors (Lipinski definition) is 0. The molecule has 0 aliphatic carbocycles. The molecular formula is C15H26O2. The molecule has 98 valence electrons. The van der Waals surface area contributed by atoms with Gasteiger partial charge in [0.15, 0.2) is 0 Å². The van der Waals surface area contributed by atoms with Crippen LogP contribution in [0.5, 0.6) is 0 Å². The highest BCUT2D eigenvalue weighted by Gasteiger charge is 2.05. The number of esters is 1. The first-order valence-corrected chi connectivity index (χ1v) is 6.04. The Morgan fingerprint density at radius 1 is 1.12 bits per heavy atom. The first-order chi connectivity index (χ1) is 7.77. The highest BCUT2D eigenvalue weighted by molar-refractivity contribution is 5.89. The second-order valence-electron chi connectivity index (χ2n) is 3.19. The minimum Gasteiger partial charge on any atom is -0.462 e. The van der Waals surface area contributed by atoms with Crippen molar-refractivity contribution in [3.8, 4) is 0 Å². The third-order valence-electron chi connectivity index (χ3n) is 2.04. The zero-order chi connectivity index (χ0) is 12.4. The summed E-state index contributed by atoms with van der Waals surface area (Å²) in [6, 6.07) is 7.55. The van der Waals surface area contributed by atoms with Crippen molar-refractivity contribution in [1.29, 1.82) is 0 Å². The van der Waals surface area contributed by atoms with Crippen molar-refractivity contribution >= 4 is 5.97 Å². The number of carbonyl (C=O) groups excluding carboxylic acids is 1. The maximum Gasteiger partial charge on any atom is 0.338 e. The van der Waals surface area contributed by atoms with E-state index in [-0.39, 0.29) is 13.4 Å². The van der Waals surface area contributed by atoms with E-state index in [0.717, 1.165) is 12.8 Å². The molecule has 0 spiro atoms. The van der Waals surface area contributed by atoms with Crippen LogP contribution in [0.15, 0.2) is 24.3 Å². The smallest absolute Gasteiger partial charge is 0.338 e. The van der Waals surface area contributed by atoms with Gasteiger partial charge in [0.05, 0.1) is 12.2 Å². The molecule has 17 heavy (non-hydrogen) atoms. The van der Waals surface area contributed by atoms with Crippen LogP contribution >= 0.6 is 0 Å². The van der Waals surface area contributed by atoms with E-state index in [4.69, 9.17) is 4.74 Å². The molecule has 0 heterocycles. The molecule has 0 atom stereocenters. The van der Waals surface area contributed by atoms with Gasteiger partial charge in [-0.05, 0) is 30.5 Å². The van der Waals surface area contributed by atoms with E-state index in [1.165, 1.54) is 5.56 Å². The van der Waals surface area contributed by atoms with Crippen LogP contribution in [-0.2, 0) is 11.2 Å². The van der Waals surface area contributed by atoms with Crippen LogP contribution in [0, 0.1) is 0 Å². The van der Waals surface area contributed by atoms with E-state index in [2.05, 4.69) is 6.92 Å². The van der Waals surface area contributed by atoms with Crippen LogP contribution in [0.1, 0.15) is 57.5 Å². The third-order valence-corrected chi connectivity index (χ3v) is 2.04. The molecule has 0 saturated heterocycles. The Morgan fingerprint density at radius 3 is 2.06 bits per heavy atom. The summed E-state index contributed by atoms with van der Waals surface area (Å²) in [7, 11) is 0. The number of rotatable bonds is 4. The van der Waals surface area contributed by atoms with Gasteiger partial charge >= 0.3 is 5.97 Å². The molecule has 0 unspecified atom stereocenters. The van der Waals surface area contributed by atoms with Gasteiger partial charge in [-0.3, -0.25) is 0 Å². The predicted molar refractivity (Wildman–Crippen MR) is 74.5 cm³/mol. The van der Waals surface area contributed by atoms with E-state index < -0.39 is 0 Å². The highest BCUT2D eigenvalue weighted by atomic mass is 16.5. The van der Waals surface area contributed by atoms with Crippen LogP contribution in [0.25, 0.3) is 0 Å². The fourth-order valence-corrected chi connectivity index (χ4v) is 1.15. The Bertz CT molecular complexity index is 288. The van der Waals surface area contributed by atoms with Crippen molar-refractivity contribution in [3.63, 3.8) is 0 Å². The standard InChI is InChI=1S/C12H16O2.C2H6.CH4/c1-3-9-14-12(13)11-7-5-10(4-2)6-8-11;1-2;/h5-8H,3-4,9H2,1-2H3;1-2H3;1H4. The van der Waals surface area contributed by atoms with Crippen LogP contribution < -0.4 is 0 Å². The van der Waals surface area contributed by atoms with Gasteiger partial charge in [0.25, 0.3) is 0 Å². The van der Waals surface area contributed by atoms with Crippen LogP contribution in [0.3, 0.4) is 0 Å². The molecule has 1 rings (SSSR count). The fraction of sp³-hybridized carbons (Fsp3) is 0.533. The third kappa shape index (κ3) is 6.77. The van der Waals surface area contributed by atoms with Gasteiger partial charge in [-0.15, -0.1) is 0 Å². The molecular weight excluding hydrogens is 212 g/mol. The van der Waals surface area contributed by atoms with Crippen LogP contribution in [0.2, 0.25) is 0 Å². The Balaban J connectivity index is 0. The molecule has 0 aliphatic rings. The van der Waals surface area contributed by atoms with E-state index in [1.807, 2.05) is 45.0 Å². The molecule has 2 nitrogen and oxygen atoms in total. The highest BCUT2D eigenvalue weighted by Crippen LogP contribution is 2.06. The predicted octanol–water partition coefficient (Wildman–Crippen LogP) is 4.48. The summed E-state index contributed by atoms with van der Waals surface area (Å²) in [4.78, 5) is 11.4. The molecule has 1 aromatic rings. The largest absolute Gasteiger partial charge is 0.462 e. The maximum absolute atomic E-state index is 11.4.